The van der Waals surface area contributed by atoms with Crippen molar-refractivity contribution < 1.29 is 0 Å². The lowest BCUT2D eigenvalue weighted by atomic mass is 9.82. The van der Waals surface area contributed by atoms with Gasteiger partial charge in [-0.1, -0.05) is 57.2 Å². The molecule has 0 N–H and O–H groups in total. The fraction of sp³-hybridized carbons (Fsp3) is 0.500. The third-order valence-corrected chi connectivity index (χ3v) is 4.78. The second-order valence-electron chi connectivity index (χ2n) is 4.12. The maximum atomic E-state index is 2.36. The van der Waals surface area contributed by atoms with Gasteiger partial charge >= 0.3 is 0 Å². The molecule has 0 saturated carbocycles. The summed E-state index contributed by atoms with van der Waals surface area (Å²) in [5.41, 5.74) is 1.52. The van der Waals surface area contributed by atoms with Crippen molar-refractivity contribution >= 4 is 11.8 Å². The summed E-state index contributed by atoms with van der Waals surface area (Å²) in [6, 6.07) is 0. The van der Waals surface area contributed by atoms with Gasteiger partial charge in [0.1, 0.15) is 0 Å². The summed E-state index contributed by atoms with van der Waals surface area (Å²) in [7, 11) is 0. The third kappa shape index (κ3) is 2.95. The van der Waals surface area contributed by atoms with Gasteiger partial charge in [0.25, 0.3) is 0 Å². The SMILES string of the molecule is C/C=C1\C(=C/C)SC2C=CC=CC2C1C.CC. The molecule has 0 aromatic carbocycles. The highest BCUT2D eigenvalue weighted by Gasteiger charge is 2.33. The molecule has 17 heavy (non-hydrogen) atoms. The van der Waals surface area contributed by atoms with Gasteiger partial charge in [0, 0.05) is 10.2 Å². The normalized spacial score (nSPS) is 35.5. The van der Waals surface area contributed by atoms with Crippen molar-refractivity contribution in [1.82, 2.24) is 0 Å². The monoisotopic (exact) mass is 248 g/mol. The van der Waals surface area contributed by atoms with E-state index in [1.54, 1.807) is 0 Å². The largest absolute Gasteiger partial charge is 0.118 e. The van der Waals surface area contributed by atoms with Crippen molar-refractivity contribution in [3.63, 3.8) is 0 Å². The zero-order valence-corrected chi connectivity index (χ0v) is 12.4. The van der Waals surface area contributed by atoms with E-state index < -0.39 is 0 Å². The second kappa shape index (κ2) is 6.90. The molecular formula is C16H24S. The molecule has 2 rings (SSSR count). The van der Waals surface area contributed by atoms with Gasteiger partial charge in [0.2, 0.25) is 0 Å². The summed E-state index contributed by atoms with van der Waals surface area (Å²) in [6.07, 6.45) is 13.6. The standard InChI is InChI=1S/C14H18S.C2H6/c1-4-11-10(3)12-8-6-7-9-14(12)15-13(11)5-2;1-2/h4-10,12,14H,1-3H3;1-2H3/b11-4-,13-5+;. The van der Waals surface area contributed by atoms with E-state index in [0.717, 1.165) is 0 Å². The van der Waals surface area contributed by atoms with Crippen molar-refractivity contribution in [2.45, 2.75) is 39.9 Å². The van der Waals surface area contributed by atoms with Gasteiger partial charge in [-0.05, 0) is 31.3 Å². The average Bonchev–Trinajstić information content (AvgIpc) is 2.41. The van der Waals surface area contributed by atoms with Crippen LogP contribution in [0.5, 0.6) is 0 Å². The summed E-state index contributed by atoms with van der Waals surface area (Å²) in [5, 5.41) is 0.639. The Balaban J connectivity index is 0.000000686. The van der Waals surface area contributed by atoms with Crippen LogP contribution in [0.3, 0.4) is 0 Å². The lowest BCUT2D eigenvalue weighted by molar-refractivity contribution is 0.498. The molecule has 0 aromatic rings. The Labute approximate surface area is 111 Å². The Morgan fingerprint density at radius 1 is 1.06 bits per heavy atom. The first-order valence-corrected chi connectivity index (χ1v) is 7.50. The first kappa shape index (κ1) is 14.4. The minimum absolute atomic E-state index is 0.639. The Morgan fingerprint density at radius 3 is 2.29 bits per heavy atom. The van der Waals surface area contributed by atoms with Crippen molar-refractivity contribution in [2.75, 3.05) is 0 Å². The molecule has 3 unspecified atom stereocenters. The van der Waals surface area contributed by atoms with Crippen molar-refractivity contribution in [3.8, 4) is 0 Å². The van der Waals surface area contributed by atoms with E-state index in [2.05, 4.69) is 57.2 Å². The van der Waals surface area contributed by atoms with E-state index in [1.807, 2.05) is 25.6 Å². The van der Waals surface area contributed by atoms with Gasteiger partial charge in [0.15, 0.2) is 0 Å². The summed E-state index contributed by atoms with van der Waals surface area (Å²) in [6.45, 7) is 10.6. The lowest BCUT2D eigenvalue weighted by Crippen LogP contribution is -2.28. The fourth-order valence-electron chi connectivity index (χ4n) is 2.46. The zero-order valence-electron chi connectivity index (χ0n) is 11.6. The van der Waals surface area contributed by atoms with Crippen LogP contribution in [0, 0.1) is 11.8 Å². The number of fused-ring (bicyclic) bond motifs is 1. The molecule has 1 heterocycles. The molecule has 0 radical (unpaired) electrons. The summed E-state index contributed by atoms with van der Waals surface area (Å²) in [5.74, 6) is 1.32. The molecule has 0 aromatic heterocycles. The van der Waals surface area contributed by atoms with Gasteiger partial charge in [-0.2, -0.15) is 0 Å². The first-order chi connectivity index (χ1) is 8.27. The molecule has 1 heteroatoms. The predicted octanol–water partition coefficient (Wildman–Crippen LogP) is 5.36. The quantitative estimate of drug-likeness (QED) is 0.556. The van der Waals surface area contributed by atoms with Gasteiger partial charge in [-0.15, -0.1) is 11.8 Å². The average molecular weight is 248 g/mol. The van der Waals surface area contributed by atoms with Crippen LogP contribution in [0.15, 0.2) is 46.9 Å². The highest BCUT2D eigenvalue weighted by Crippen LogP contribution is 2.47. The highest BCUT2D eigenvalue weighted by molar-refractivity contribution is 8.04. The number of thioether (sulfide) groups is 1. The van der Waals surface area contributed by atoms with E-state index in [-0.39, 0.29) is 0 Å². The fourth-order valence-corrected chi connectivity index (χ4v) is 3.98. The molecular weight excluding hydrogens is 224 g/mol. The number of hydrogen-bond acceptors (Lipinski definition) is 1. The van der Waals surface area contributed by atoms with Crippen LogP contribution in [-0.2, 0) is 0 Å². The van der Waals surface area contributed by atoms with E-state index in [1.165, 1.54) is 10.5 Å². The molecule has 0 nitrogen and oxygen atoms in total. The van der Waals surface area contributed by atoms with Crippen LogP contribution in [-0.4, -0.2) is 5.25 Å². The topological polar surface area (TPSA) is 0 Å². The molecule has 0 amide bonds. The molecule has 1 aliphatic carbocycles. The smallest absolute Gasteiger partial charge is 0.0346 e. The second-order valence-corrected chi connectivity index (χ2v) is 5.34. The van der Waals surface area contributed by atoms with Gasteiger partial charge in [0.05, 0.1) is 0 Å². The number of hydrogen-bond donors (Lipinski definition) is 0. The summed E-state index contributed by atoms with van der Waals surface area (Å²) in [4.78, 5) is 1.46. The minimum Gasteiger partial charge on any atom is -0.118 e. The van der Waals surface area contributed by atoms with Crippen molar-refractivity contribution in [3.05, 3.63) is 46.9 Å². The van der Waals surface area contributed by atoms with E-state index in [0.29, 0.717) is 17.1 Å². The minimum atomic E-state index is 0.639. The van der Waals surface area contributed by atoms with Crippen LogP contribution >= 0.6 is 11.8 Å². The van der Waals surface area contributed by atoms with Gasteiger partial charge < -0.3 is 0 Å². The molecule has 1 saturated heterocycles. The van der Waals surface area contributed by atoms with Crippen LogP contribution in [0.25, 0.3) is 0 Å². The first-order valence-electron chi connectivity index (χ1n) is 6.62. The molecule has 0 spiro atoms. The molecule has 0 bridgehead atoms. The van der Waals surface area contributed by atoms with E-state index >= 15 is 0 Å². The third-order valence-electron chi connectivity index (χ3n) is 3.31. The Bertz CT molecular complexity index is 358. The Kier molecular flexibility index (Phi) is 5.84. The summed E-state index contributed by atoms with van der Waals surface area (Å²) < 4.78 is 0. The number of allylic oxidation sites excluding steroid dienone is 6. The van der Waals surface area contributed by atoms with E-state index in [4.69, 9.17) is 0 Å². The summed E-state index contributed by atoms with van der Waals surface area (Å²) >= 11 is 2.01. The molecule has 1 aliphatic heterocycles. The number of rotatable bonds is 0. The maximum absolute atomic E-state index is 2.36. The maximum Gasteiger partial charge on any atom is 0.0346 e. The van der Waals surface area contributed by atoms with Gasteiger partial charge in [-0.25, -0.2) is 0 Å². The lowest BCUT2D eigenvalue weighted by Gasteiger charge is -2.37. The van der Waals surface area contributed by atoms with Crippen LogP contribution < -0.4 is 0 Å². The highest BCUT2D eigenvalue weighted by atomic mass is 32.2. The predicted molar refractivity (Wildman–Crippen MR) is 81.2 cm³/mol. The van der Waals surface area contributed by atoms with Crippen molar-refractivity contribution in [2.24, 2.45) is 11.8 Å². The molecule has 1 fully saturated rings. The van der Waals surface area contributed by atoms with Crippen LogP contribution in [0.4, 0.5) is 0 Å². The molecule has 2 aliphatic rings. The molecule has 94 valence electrons. The van der Waals surface area contributed by atoms with Crippen LogP contribution in [0.1, 0.15) is 34.6 Å². The molecule has 3 atom stereocenters. The van der Waals surface area contributed by atoms with Crippen LogP contribution in [0.2, 0.25) is 0 Å². The zero-order chi connectivity index (χ0) is 12.8. The van der Waals surface area contributed by atoms with Gasteiger partial charge in [-0.3, -0.25) is 0 Å². The Morgan fingerprint density at radius 2 is 1.71 bits per heavy atom. The Hall–Kier alpha value is -0.690. The van der Waals surface area contributed by atoms with E-state index in [9.17, 15) is 0 Å². The van der Waals surface area contributed by atoms with Crippen molar-refractivity contribution in [1.29, 1.82) is 0 Å².